The van der Waals surface area contributed by atoms with Crippen molar-refractivity contribution in [1.82, 2.24) is 0 Å². The van der Waals surface area contributed by atoms with E-state index in [2.05, 4.69) is 15.9 Å². The van der Waals surface area contributed by atoms with Gasteiger partial charge in [0.05, 0.1) is 12.2 Å². The van der Waals surface area contributed by atoms with Gasteiger partial charge in [-0.15, -0.1) is 11.3 Å². The van der Waals surface area contributed by atoms with Gasteiger partial charge in [-0.05, 0) is 45.8 Å². The fourth-order valence-electron chi connectivity index (χ4n) is 1.86. The van der Waals surface area contributed by atoms with E-state index in [-0.39, 0.29) is 5.82 Å². The van der Waals surface area contributed by atoms with Gasteiger partial charge in [0.2, 0.25) is 0 Å². The van der Waals surface area contributed by atoms with Crippen LogP contribution in [0.4, 0.5) is 10.1 Å². The predicted octanol–water partition coefficient (Wildman–Crippen LogP) is 4.38. The van der Waals surface area contributed by atoms with Crippen LogP contribution < -0.4 is 4.90 Å². The Morgan fingerprint density at radius 3 is 2.81 bits per heavy atom. The van der Waals surface area contributed by atoms with Crippen LogP contribution in [-0.4, -0.2) is 18.1 Å². The number of aliphatic carboxylic acids is 1. The van der Waals surface area contributed by atoms with Crippen LogP contribution >= 0.6 is 27.3 Å². The maximum Gasteiger partial charge on any atom is 0.328 e. The number of halogens is 2. The highest BCUT2D eigenvalue weighted by Crippen LogP contribution is 2.25. The van der Waals surface area contributed by atoms with Gasteiger partial charge in [-0.2, -0.15) is 0 Å². The van der Waals surface area contributed by atoms with Crippen molar-refractivity contribution >= 4 is 45.0 Å². The number of hydrogen-bond acceptors (Lipinski definition) is 3. The van der Waals surface area contributed by atoms with Gasteiger partial charge in [-0.3, -0.25) is 0 Å². The molecule has 2 aromatic rings. The molecule has 0 saturated carbocycles. The number of carboxylic acids is 1. The molecule has 2 rings (SSSR count). The molecule has 0 atom stereocenters. The molecule has 0 bridgehead atoms. The highest BCUT2D eigenvalue weighted by molar-refractivity contribution is 9.10. The Balaban J connectivity index is 2.14. The van der Waals surface area contributed by atoms with Crippen LogP contribution in [0.1, 0.15) is 10.4 Å². The van der Waals surface area contributed by atoms with E-state index in [0.29, 0.717) is 17.8 Å². The quantitative estimate of drug-likeness (QED) is 0.794. The SMILES string of the molecule is CN(Cc1cc(Br)cs1)c1ccc(C=CC(=O)O)cc1F. The topological polar surface area (TPSA) is 40.5 Å². The van der Waals surface area contributed by atoms with Crippen LogP contribution in [0.5, 0.6) is 0 Å². The van der Waals surface area contributed by atoms with Gasteiger partial charge in [0.25, 0.3) is 0 Å². The second-order valence-electron chi connectivity index (χ2n) is 4.47. The van der Waals surface area contributed by atoms with Gasteiger partial charge in [0.1, 0.15) is 5.82 Å². The van der Waals surface area contributed by atoms with E-state index < -0.39 is 5.97 Å². The Bertz CT molecular complexity index is 684. The first-order chi connectivity index (χ1) is 9.95. The molecule has 0 aliphatic rings. The molecule has 0 unspecified atom stereocenters. The fourth-order valence-corrected chi connectivity index (χ4v) is 3.36. The molecule has 1 N–H and O–H groups in total. The van der Waals surface area contributed by atoms with Gasteiger partial charge in [0, 0.05) is 27.9 Å². The van der Waals surface area contributed by atoms with Crippen LogP contribution in [0.15, 0.2) is 40.2 Å². The largest absolute Gasteiger partial charge is 0.478 e. The van der Waals surface area contributed by atoms with Crippen molar-refractivity contribution < 1.29 is 14.3 Å². The summed E-state index contributed by atoms with van der Waals surface area (Å²) in [6.07, 6.45) is 2.35. The highest BCUT2D eigenvalue weighted by atomic mass is 79.9. The normalized spacial score (nSPS) is 11.0. The molecule has 6 heteroatoms. The fraction of sp³-hybridized carbons (Fsp3) is 0.133. The van der Waals surface area contributed by atoms with Crippen molar-refractivity contribution in [3.63, 3.8) is 0 Å². The third-order valence-electron chi connectivity index (χ3n) is 2.82. The molecular weight excluding hydrogens is 357 g/mol. The second-order valence-corrected chi connectivity index (χ2v) is 6.38. The Morgan fingerprint density at radius 2 is 2.24 bits per heavy atom. The van der Waals surface area contributed by atoms with E-state index in [0.717, 1.165) is 15.4 Å². The number of carboxylic acid groups (broad SMARTS) is 1. The molecule has 0 aliphatic heterocycles. The van der Waals surface area contributed by atoms with Crippen molar-refractivity contribution in [3.8, 4) is 0 Å². The number of benzene rings is 1. The molecule has 0 spiro atoms. The maximum absolute atomic E-state index is 14.1. The Hall–Kier alpha value is -1.66. The number of anilines is 1. The molecular formula is C15H13BrFNO2S. The average Bonchev–Trinajstić information content (AvgIpc) is 2.81. The minimum Gasteiger partial charge on any atom is -0.478 e. The van der Waals surface area contributed by atoms with E-state index in [1.165, 1.54) is 12.1 Å². The number of hydrogen-bond donors (Lipinski definition) is 1. The zero-order valence-corrected chi connectivity index (χ0v) is 13.6. The third kappa shape index (κ3) is 4.41. The summed E-state index contributed by atoms with van der Waals surface area (Å²) in [7, 11) is 1.82. The summed E-state index contributed by atoms with van der Waals surface area (Å²) in [5.41, 5.74) is 0.998. The summed E-state index contributed by atoms with van der Waals surface area (Å²) in [5.74, 6) is -1.43. The first kappa shape index (κ1) is 15.7. The van der Waals surface area contributed by atoms with Crippen LogP contribution in [0.25, 0.3) is 6.08 Å². The summed E-state index contributed by atoms with van der Waals surface area (Å²) in [5, 5.41) is 10.5. The summed E-state index contributed by atoms with van der Waals surface area (Å²) >= 11 is 5.00. The van der Waals surface area contributed by atoms with Crippen molar-refractivity contribution in [2.24, 2.45) is 0 Å². The van der Waals surface area contributed by atoms with Gasteiger partial charge in [0.15, 0.2) is 0 Å². The van der Waals surface area contributed by atoms with Crippen LogP contribution in [0.2, 0.25) is 0 Å². The molecule has 0 aliphatic carbocycles. The smallest absolute Gasteiger partial charge is 0.328 e. The van der Waals surface area contributed by atoms with E-state index in [1.807, 2.05) is 23.4 Å². The number of nitrogens with zero attached hydrogens (tertiary/aromatic N) is 1. The number of carbonyl (C=O) groups is 1. The molecule has 0 fully saturated rings. The summed E-state index contributed by atoms with van der Waals surface area (Å²) in [4.78, 5) is 13.4. The maximum atomic E-state index is 14.1. The molecule has 0 amide bonds. The first-order valence-corrected chi connectivity index (χ1v) is 7.77. The Labute approximate surface area is 134 Å². The standard InChI is InChI=1S/C15H13BrFNO2S/c1-18(8-12-7-11(16)9-21-12)14-4-2-10(6-13(14)17)3-5-15(19)20/h2-7,9H,8H2,1H3,(H,19,20). The van der Waals surface area contributed by atoms with Crippen LogP contribution in [-0.2, 0) is 11.3 Å². The second kappa shape index (κ2) is 6.87. The zero-order valence-electron chi connectivity index (χ0n) is 11.2. The van der Waals surface area contributed by atoms with Crippen LogP contribution in [0.3, 0.4) is 0 Å². The Kier molecular flexibility index (Phi) is 5.14. The molecule has 110 valence electrons. The third-order valence-corrected chi connectivity index (χ3v) is 4.50. The number of rotatable bonds is 5. The van der Waals surface area contributed by atoms with Crippen LogP contribution in [0, 0.1) is 5.82 Å². The molecule has 1 aromatic carbocycles. The number of thiophene rings is 1. The average molecular weight is 370 g/mol. The van der Waals surface area contributed by atoms with Crippen molar-refractivity contribution in [2.45, 2.75) is 6.54 Å². The lowest BCUT2D eigenvalue weighted by molar-refractivity contribution is -0.131. The molecule has 21 heavy (non-hydrogen) atoms. The molecule has 1 heterocycles. The van der Waals surface area contributed by atoms with Crippen molar-refractivity contribution in [2.75, 3.05) is 11.9 Å². The summed E-state index contributed by atoms with van der Waals surface area (Å²) < 4.78 is 15.1. The zero-order chi connectivity index (χ0) is 15.4. The van der Waals surface area contributed by atoms with Crippen molar-refractivity contribution in [1.29, 1.82) is 0 Å². The lowest BCUT2D eigenvalue weighted by Gasteiger charge is -2.19. The minimum atomic E-state index is -1.06. The minimum absolute atomic E-state index is 0.374. The first-order valence-electron chi connectivity index (χ1n) is 6.10. The lowest BCUT2D eigenvalue weighted by atomic mass is 10.1. The molecule has 3 nitrogen and oxygen atoms in total. The summed E-state index contributed by atoms with van der Waals surface area (Å²) in [6, 6.07) is 6.68. The lowest BCUT2D eigenvalue weighted by Crippen LogP contribution is -2.16. The van der Waals surface area contributed by atoms with E-state index >= 15 is 0 Å². The molecule has 0 saturated heterocycles. The van der Waals surface area contributed by atoms with Gasteiger partial charge >= 0.3 is 5.97 Å². The molecule has 1 aromatic heterocycles. The van der Waals surface area contributed by atoms with Gasteiger partial charge < -0.3 is 10.0 Å². The van der Waals surface area contributed by atoms with Crippen molar-refractivity contribution in [3.05, 3.63) is 56.5 Å². The predicted molar refractivity (Wildman–Crippen MR) is 87.2 cm³/mol. The molecule has 0 radical (unpaired) electrons. The van der Waals surface area contributed by atoms with Gasteiger partial charge in [-0.1, -0.05) is 6.07 Å². The highest BCUT2D eigenvalue weighted by Gasteiger charge is 2.09. The Morgan fingerprint density at radius 1 is 1.48 bits per heavy atom. The van der Waals surface area contributed by atoms with E-state index in [4.69, 9.17) is 5.11 Å². The van der Waals surface area contributed by atoms with E-state index in [9.17, 15) is 9.18 Å². The van der Waals surface area contributed by atoms with Gasteiger partial charge in [-0.25, -0.2) is 9.18 Å². The van der Waals surface area contributed by atoms with E-state index in [1.54, 1.807) is 23.5 Å². The summed E-state index contributed by atoms with van der Waals surface area (Å²) in [6.45, 7) is 0.609. The monoisotopic (exact) mass is 369 g/mol.